The first-order chi connectivity index (χ1) is 7.99. The molecule has 0 nitrogen and oxygen atoms in total. The molecule has 0 amide bonds. The number of rotatable bonds is 2. The van der Waals surface area contributed by atoms with Gasteiger partial charge in [-0.1, -0.05) is 39.7 Å². The Morgan fingerprint density at radius 3 is 2.29 bits per heavy atom. The van der Waals surface area contributed by atoms with E-state index >= 15 is 0 Å². The van der Waals surface area contributed by atoms with Crippen molar-refractivity contribution in [3.63, 3.8) is 0 Å². The Balaban J connectivity index is 2.39. The lowest BCUT2D eigenvalue weighted by molar-refractivity contribution is 1.16. The molecule has 2 aromatic rings. The standard InChI is InChI=1S/C14H14Br2S/c1-8-4-5-11(9(2)6-8)13(15)12-7-10(3)14(16)17-12/h4-7,13H,1-3H3. The maximum Gasteiger partial charge on any atom is 0.0741 e. The molecule has 0 radical (unpaired) electrons. The maximum absolute atomic E-state index is 3.81. The molecule has 0 N–H and O–H groups in total. The first kappa shape index (κ1) is 13.3. The summed E-state index contributed by atoms with van der Waals surface area (Å²) >= 11 is 9.19. The third-order valence-corrected chi connectivity index (χ3v) is 6.32. The highest BCUT2D eigenvalue weighted by molar-refractivity contribution is 9.11. The van der Waals surface area contributed by atoms with Crippen LogP contribution >= 0.6 is 43.2 Å². The van der Waals surface area contributed by atoms with Crippen molar-refractivity contribution in [3.8, 4) is 0 Å². The first-order valence-corrected chi connectivity index (χ1v) is 7.98. The van der Waals surface area contributed by atoms with Crippen LogP contribution in [-0.4, -0.2) is 0 Å². The van der Waals surface area contributed by atoms with Gasteiger partial charge in [0, 0.05) is 4.88 Å². The van der Waals surface area contributed by atoms with E-state index in [2.05, 4.69) is 76.9 Å². The molecule has 0 aliphatic carbocycles. The smallest absolute Gasteiger partial charge is 0.0741 e. The highest BCUT2D eigenvalue weighted by atomic mass is 79.9. The van der Waals surface area contributed by atoms with Crippen molar-refractivity contribution < 1.29 is 0 Å². The Morgan fingerprint density at radius 1 is 1.06 bits per heavy atom. The number of halogens is 2. The Morgan fingerprint density at radius 2 is 1.76 bits per heavy atom. The number of thiophene rings is 1. The van der Waals surface area contributed by atoms with Crippen LogP contribution in [0.2, 0.25) is 0 Å². The predicted octanol–water partition coefficient (Wildman–Crippen LogP) is 5.92. The summed E-state index contributed by atoms with van der Waals surface area (Å²) in [4.78, 5) is 1.64. The molecule has 3 heteroatoms. The van der Waals surface area contributed by atoms with Gasteiger partial charge < -0.3 is 0 Å². The van der Waals surface area contributed by atoms with Gasteiger partial charge in [-0.15, -0.1) is 11.3 Å². The van der Waals surface area contributed by atoms with Gasteiger partial charge >= 0.3 is 0 Å². The average Bonchev–Trinajstić information content (AvgIpc) is 2.58. The second kappa shape index (κ2) is 5.25. The van der Waals surface area contributed by atoms with Crippen LogP contribution in [0, 0.1) is 20.8 Å². The summed E-state index contributed by atoms with van der Waals surface area (Å²) in [5.41, 5.74) is 5.31. The van der Waals surface area contributed by atoms with E-state index in [0.717, 1.165) is 0 Å². The van der Waals surface area contributed by atoms with Crippen LogP contribution in [0.3, 0.4) is 0 Å². The van der Waals surface area contributed by atoms with E-state index in [1.54, 1.807) is 11.3 Å². The van der Waals surface area contributed by atoms with E-state index in [1.807, 2.05) is 0 Å². The zero-order valence-corrected chi connectivity index (χ0v) is 14.0. The van der Waals surface area contributed by atoms with Crippen LogP contribution in [0.15, 0.2) is 28.1 Å². The van der Waals surface area contributed by atoms with Gasteiger partial charge in [-0.2, -0.15) is 0 Å². The van der Waals surface area contributed by atoms with E-state index in [0.29, 0.717) is 0 Å². The molecular weight excluding hydrogens is 360 g/mol. The minimum atomic E-state index is 0.290. The van der Waals surface area contributed by atoms with Crippen molar-refractivity contribution in [1.82, 2.24) is 0 Å². The van der Waals surface area contributed by atoms with E-state index in [-0.39, 0.29) is 4.83 Å². The van der Waals surface area contributed by atoms with Crippen molar-refractivity contribution in [2.45, 2.75) is 25.6 Å². The largest absolute Gasteiger partial charge is 0.131 e. The summed E-state index contributed by atoms with van der Waals surface area (Å²) in [7, 11) is 0. The van der Waals surface area contributed by atoms with Gasteiger partial charge in [0.15, 0.2) is 0 Å². The van der Waals surface area contributed by atoms with Crippen molar-refractivity contribution in [2.75, 3.05) is 0 Å². The lowest BCUT2D eigenvalue weighted by Crippen LogP contribution is -1.94. The molecule has 0 fully saturated rings. The molecule has 1 aromatic carbocycles. The minimum Gasteiger partial charge on any atom is -0.131 e. The fraction of sp³-hybridized carbons (Fsp3) is 0.286. The highest BCUT2D eigenvalue weighted by Gasteiger charge is 2.16. The molecule has 0 saturated heterocycles. The van der Waals surface area contributed by atoms with E-state index in [1.165, 1.54) is 30.9 Å². The Hall–Kier alpha value is -0.120. The second-order valence-electron chi connectivity index (χ2n) is 4.33. The molecule has 1 heterocycles. The monoisotopic (exact) mass is 372 g/mol. The van der Waals surface area contributed by atoms with Crippen molar-refractivity contribution in [3.05, 3.63) is 55.2 Å². The second-order valence-corrected chi connectivity index (χ2v) is 7.65. The van der Waals surface area contributed by atoms with E-state index in [4.69, 9.17) is 0 Å². The fourth-order valence-electron chi connectivity index (χ4n) is 1.87. The lowest BCUT2D eigenvalue weighted by atomic mass is 10.0. The first-order valence-electron chi connectivity index (χ1n) is 5.46. The summed E-state index contributed by atoms with van der Waals surface area (Å²) in [6.07, 6.45) is 0. The van der Waals surface area contributed by atoms with Crippen LogP contribution in [-0.2, 0) is 0 Å². The summed E-state index contributed by atoms with van der Waals surface area (Å²) < 4.78 is 1.22. The van der Waals surface area contributed by atoms with Crippen LogP contribution in [0.5, 0.6) is 0 Å². The summed E-state index contributed by atoms with van der Waals surface area (Å²) in [6, 6.07) is 8.87. The summed E-state index contributed by atoms with van der Waals surface area (Å²) in [5.74, 6) is 0. The molecule has 0 spiro atoms. The van der Waals surface area contributed by atoms with Gasteiger partial charge in [-0.3, -0.25) is 0 Å². The molecule has 0 saturated carbocycles. The Kier molecular flexibility index (Phi) is 4.11. The molecule has 17 heavy (non-hydrogen) atoms. The molecule has 1 aromatic heterocycles. The van der Waals surface area contributed by atoms with Gasteiger partial charge in [0.05, 0.1) is 8.61 Å². The van der Waals surface area contributed by atoms with Crippen LogP contribution < -0.4 is 0 Å². The quantitative estimate of drug-likeness (QED) is 0.573. The van der Waals surface area contributed by atoms with E-state index in [9.17, 15) is 0 Å². The summed E-state index contributed by atoms with van der Waals surface area (Å²) in [5, 5.41) is 0. The molecule has 2 rings (SSSR count). The molecule has 0 aliphatic heterocycles. The number of aryl methyl sites for hydroxylation is 3. The normalized spacial score (nSPS) is 12.8. The van der Waals surface area contributed by atoms with Gasteiger partial charge in [0.2, 0.25) is 0 Å². The molecular formula is C14H14Br2S. The van der Waals surface area contributed by atoms with Gasteiger partial charge in [0.25, 0.3) is 0 Å². The highest BCUT2D eigenvalue weighted by Crippen LogP contribution is 2.40. The zero-order valence-electron chi connectivity index (χ0n) is 10.1. The van der Waals surface area contributed by atoms with Gasteiger partial charge in [0.1, 0.15) is 0 Å². The molecule has 0 aliphatic rings. The molecule has 0 bridgehead atoms. The van der Waals surface area contributed by atoms with Gasteiger partial charge in [-0.05, 0) is 59.5 Å². The number of alkyl halides is 1. The third kappa shape index (κ3) is 2.83. The van der Waals surface area contributed by atoms with Crippen LogP contribution in [0.4, 0.5) is 0 Å². The SMILES string of the molecule is Cc1ccc(C(Br)c2cc(C)c(Br)s2)c(C)c1. The zero-order chi connectivity index (χ0) is 12.6. The topological polar surface area (TPSA) is 0 Å². The van der Waals surface area contributed by atoms with E-state index < -0.39 is 0 Å². The predicted molar refractivity (Wildman–Crippen MR) is 83.4 cm³/mol. The lowest BCUT2D eigenvalue weighted by Gasteiger charge is -2.12. The van der Waals surface area contributed by atoms with Crippen molar-refractivity contribution in [2.24, 2.45) is 0 Å². The molecule has 1 atom stereocenters. The molecule has 1 unspecified atom stereocenters. The van der Waals surface area contributed by atoms with Gasteiger partial charge in [-0.25, -0.2) is 0 Å². The van der Waals surface area contributed by atoms with Crippen LogP contribution in [0.1, 0.15) is 32.0 Å². The minimum absolute atomic E-state index is 0.290. The number of hydrogen-bond acceptors (Lipinski definition) is 1. The van der Waals surface area contributed by atoms with Crippen molar-refractivity contribution >= 4 is 43.2 Å². The number of hydrogen-bond donors (Lipinski definition) is 0. The average molecular weight is 374 g/mol. The summed E-state index contributed by atoms with van der Waals surface area (Å²) in [6.45, 7) is 6.43. The number of benzene rings is 1. The Labute approximate surface area is 123 Å². The Bertz CT molecular complexity index is 524. The third-order valence-electron chi connectivity index (χ3n) is 2.82. The molecule has 90 valence electrons. The maximum atomic E-state index is 3.81. The fourth-order valence-corrected chi connectivity index (χ4v) is 4.37. The van der Waals surface area contributed by atoms with Crippen LogP contribution in [0.25, 0.3) is 0 Å². The van der Waals surface area contributed by atoms with Crippen molar-refractivity contribution in [1.29, 1.82) is 0 Å².